The van der Waals surface area contributed by atoms with Gasteiger partial charge in [-0.25, -0.2) is 0 Å². The van der Waals surface area contributed by atoms with E-state index < -0.39 is 5.60 Å². The predicted molar refractivity (Wildman–Crippen MR) is 72.3 cm³/mol. The highest BCUT2D eigenvalue weighted by atomic mass is 32.1. The molecule has 0 saturated carbocycles. The molecule has 0 aromatic carbocycles. The summed E-state index contributed by atoms with van der Waals surface area (Å²) in [4.78, 5) is 4.84. The molecule has 0 unspecified atom stereocenters. The summed E-state index contributed by atoms with van der Waals surface area (Å²) in [5.41, 5.74) is 0.848. The van der Waals surface area contributed by atoms with E-state index in [-0.39, 0.29) is 0 Å². The Hall–Kier alpha value is -0.420. The van der Waals surface area contributed by atoms with Gasteiger partial charge >= 0.3 is 0 Å². The molecule has 1 fully saturated rings. The van der Waals surface area contributed by atoms with Crippen LogP contribution in [-0.4, -0.2) is 53.2 Å². The van der Waals surface area contributed by atoms with Gasteiger partial charge in [0.15, 0.2) is 0 Å². The Morgan fingerprint density at radius 3 is 2.41 bits per heavy atom. The lowest BCUT2D eigenvalue weighted by Gasteiger charge is -2.37. The molecule has 2 heterocycles. The van der Waals surface area contributed by atoms with E-state index in [4.69, 9.17) is 0 Å². The normalized spacial score (nSPS) is 19.7. The number of piperazine rings is 1. The van der Waals surface area contributed by atoms with Crippen molar-refractivity contribution in [2.45, 2.75) is 26.0 Å². The van der Waals surface area contributed by atoms with Crippen LogP contribution in [0.25, 0.3) is 0 Å². The molecule has 3 nitrogen and oxygen atoms in total. The number of aliphatic hydroxyl groups is 1. The van der Waals surface area contributed by atoms with Crippen LogP contribution >= 0.6 is 11.3 Å². The van der Waals surface area contributed by atoms with Gasteiger partial charge in [0.25, 0.3) is 0 Å². The van der Waals surface area contributed by atoms with Crippen molar-refractivity contribution in [2.24, 2.45) is 0 Å². The zero-order valence-corrected chi connectivity index (χ0v) is 11.5. The van der Waals surface area contributed by atoms with E-state index in [0.717, 1.165) is 39.3 Å². The molecule has 0 bridgehead atoms. The van der Waals surface area contributed by atoms with Crippen LogP contribution in [0.2, 0.25) is 0 Å². The minimum Gasteiger partial charge on any atom is -0.389 e. The van der Waals surface area contributed by atoms with Crippen molar-refractivity contribution in [1.82, 2.24) is 9.80 Å². The van der Waals surface area contributed by atoms with Crippen molar-refractivity contribution in [1.29, 1.82) is 0 Å². The highest BCUT2D eigenvalue weighted by Crippen LogP contribution is 2.13. The number of β-amino-alcohol motifs (C(OH)–C–C–N with tert-alkyl or cyclic N) is 1. The van der Waals surface area contributed by atoms with Gasteiger partial charge < -0.3 is 5.11 Å². The summed E-state index contributed by atoms with van der Waals surface area (Å²) in [7, 11) is 0. The van der Waals surface area contributed by atoms with E-state index in [1.165, 1.54) is 5.56 Å². The quantitative estimate of drug-likeness (QED) is 0.885. The summed E-state index contributed by atoms with van der Waals surface area (Å²) in [5.74, 6) is 0. The highest BCUT2D eigenvalue weighted by molar-refractivity contribution is 7.07. The summed E-state index contributed by atoms with van der Waals surface area (Å²) in [6.07, 6.45) is 0. The van der Waals surface area contributed by atoms with Crippen molar-refractivity contribution in [2.75, 3.05) is 32.7 Å². The van der Waals surface area contributed by atoms with E-state index in [9.17, 15) is 5.11 Å². The van der Waals surface area contributed by atoms with Gasteiger partial charge in [-0.3, -0.25) is 9.80 Å². The molecule has 0 spiro atoms. The van der Waals surface area contributed by atoms with Crippen molar-refractivity contribution < 1.29 is 5.11 Å². The summed E-state index contributed by atoms with van der Waals surface area (Å²) < 4.78 is 0. The molecule has 0 atom stereocenters. The number of hydrogen-bond acceptors (Lipinski definition) is 4. The molecular weight excluding hydrogens is 232 g/mol. The van der Waals surface area contributed by atoms with E-state index in [1.807, 2.05) is 13.8 Å². The molecule has 0 amide bonds. The van der Waals surface area contributed by atoms with E-state index in [1.54, 1.807) is 11.3 Å². The van der Waals surface area contributed by atoms with Crippen LogP contribution in [0, 0.1) is 0 Å². The lowest BCUT2D eigenvalue weighted by Crippen LogP contribution is -2.50. The van der Waals surface area contributed by atoms with E-state index in [2.05, 4.69) is 26.6 Å². The number of nitrogens with zero attached hydrogens (tertiary/aromatic N) is 2. The average molecular weight is 254 g/mol. The first-order chi connectivity index (χ1) is 8.03. The predicted octanol–water partition coefficient (Wildman–Crippen LogP) is 1.64. The Balaban J connectivity index is 1.74. The summed E-state index contributed by atoms with van der Waals surface area (Å²) >= 11 is 1.77. The zero-order valence-electron chi connectivity index (χ0n) is 10.7. The molecule has 4 heteroatoms. The smallest absolute Gasteiger partial charge is 0.0718 e. The van der Waals surface area contributed by atoms with Gasteiger partial charge in [0, 0.05) is 39.3 Å². The molecule has 0 aliphatic carbocycles. The largest absolute Gasteiger partial charge is 0.389 e. The molecule has 1 aromatic rings. The minimum atomic E-state index is -0.574. The fourth-order valence-corrected chi connectivity index (χ4v) is 2.95. The van der Waals surface area contributed by atoms with Crippen molar-refractivity contribution in [3.05, 3.63) is 22.4 Å². The average Bonchev–Trinajstić information content (AvgIpc) is 2.71. The third-order valence-electron chi connectivity index (χ3n) is 3.06. The molecule has 96 valence electrons. The van der Waals surface area contributed by atoms with Crippen molar-refractivity contribution in [3.8, 4) is 0 Å². The molecule has 1 N–H and O–H groups in total. The molecule has 1 saturated heterocycles. The third-order valence-corrected chi connectivity index (χ3v) is 3.79. The monoisotopic (exact) mass is 254 g/mol. The molecular formula is C13H22N2OS. The first kappa shape index (κ1) is 13.0. The van der Waals surface area contributed by atoms with Crippen LogP contribution in [0.5, 0.6) is 0 Å². The van der Waals surface area contributed by atoms with Gasteiger partial charge in [-0.15, -0.1) is 0 Å². The fourth-order valence-electron chi connectivity index (χ4n) is 2.29. The van der Waals surface area contributed by atoms with Crippen molar-refractivity contribution in [3.63, 3.8) is 0 Å². The number of rotatable bonds is 4. The standard InChI is InChI=1S/C13H22N2OS/c1-13(2,16)11-15-6-4-14(5-7-15)9-12-3-8-17-10-12/h3,8,10,16H,4-7,9,11H2,1-2H3. The van der Waals surface area contributed by atoms with Gasteiger partial charge in [-0.2, -0.15) is 11.3 Å². The second kappa shape index (κ2) is 5.48. The molecule has 1 aromatic heterocycles. The minimum absolute atomic E-state index is 0.574. The first-order valence-corrected chi connectivity index (χ1v) is 7.15. The summed E-state index contributed by atoms with van der Waals surface area (Å²) in [6, 6.07) is 2.20. The Morgan fingerprint density at radius 2 is 1.88 bits per heavy atom. The lowest BCUT2D eigenvalue weighted by atomic mass is 10.1. The topological polar surface area (TPSA) is 26.7 Å². The third kappa shape index (κ3) is 4.39. The van der Waals surface area contributed by atoms with E-state index in [0.29, 0.717) is 0 Å². The van der Waals surface area contributed by atoms with Crippen LogP contribution in [0.4, 0.5) is 0 Å². The Morgan fingerprint density at radius 1 is 1.24 bits per heavy atom. The van der Waals surface area contributed by atoms with Crippen LogP contribution in [0.15, 0.2) is 16.8 Å². The van der Waals surface area contributed by atoms with Gasteiger partial charge in [-0.1, -0.05) is 0 Å². The maximum absolute atomic E-state index is 9.79. The van der Waals surface area contributed by atoms with E-state index >= 15 is 0 Å². The Bertz CT molecular complexity index is 324. The SMILES string of the molecule is CC(C)(O)CN1CCN(Cc2ccsc2)CC1. The van der Waals surface area contributed by atoms with Crippen LogP contribution in [0.1, 0.15) is 19.4 Å². The summed E-state index contributed by atoms with van der Waals surface area (Å²) in [5, 5.41) is 14.2. The number of hydrogen-bond donors (Lipinski definition) is 1. The summed E-state index contributed by atoms with van der Waals surface area (Å²) in [6.45, 7) is 9.94. The fraction of sp³-hybridized carbons (Fsp3) is 0.692. The Labute approximate surface area is 108 Å². The van der Waals surface area contributed by atoms with Gasteiger partial charge in [0.2, 0.25) is 0 Å². The molecule has 0 radical (unpaired) electrons. The van der Waals surface area contributed by atoms with Gasteiger partial charge in [0.05, 0.1) is 5.60 Å². The second-order valence-corrected chi connectivity index (χ2v) is 6.28. The van der Waals surface area contributed by atoms with Crippen LogP contribution < -0.4 is 0 Å². The van der Waals surface area contributed by atoms with Gasteiger partial charge in [0.1, 0.15) is 0 Å². The molecule has 2 rings (SSSR count). The molecule has 1 aliphatic rings. The first-order valence-electron chi connectivity index (χ1n) is 6.21. The van der Waals surface area contributed by atoms with Crippen LogP contribution in [0.3, 0.4) is 0 Å². The molecule has 17 heavy (non-hydrogen) atoms. The maximum atomic E-state index is 9.79. The Kier molecular flexibility index (Phi) is 4.20. The second-order valence-electron chi connectivity index (χ2n) is 5.50. The van der Waals surface area contributed by atoms with Crippen molar-refractivity contribution >= 4 is 11.3 Å². The van der Waals surface area contributed by atoms with Crippen LogP contribution in [-0.2, 0) is 6.54 Å². The van der Waals surface area contributed by atoms with Gasteiger partial charge in [-0.05, 0) is 36.2 Å². The zero-order chi connectivity index (χ0) is 12.3. The lowest BCUT2D eigenvalue weighted by molar-refractivity contribution is 0.0167. The maximum Gasteiger partial charge on any atom is 0.0718 e. The number of thiophene rings is 1. The highest BCUT2D eigenvalue weighted by Gasteiger charge is 2.22. The molecule has 1 aliphatic heterocycles.